The summed E-state index contributed by atoms with van der Waals surface area (Å²) in [4.78, 5) is 18.7. The minimum atomic E-state index is -0.000507. The van der Waals surface area contributed by atoms with E-state index in [1.807, 2.05) is 54.3 Å². The van der Waals surface area contributed by atoms with E-state index in [1.54, 1.807) is 6.20 Å². The molecule has 3 aromatic rings. The third-order valence-corrected chi connectivity index (χ3v) is 5.02. The number of nitrogens with zero attached hydrogens (tertiary/aromatic N) is 4. The summed E-state index contributed by atoms with van der Waals surface area (Å²) in [5, 5.41) is 11.3. The second kappa shape index (κ2) is 8.21. The first-order valence-electron chi connectivity index (χ1n) is 9.52. The molecule has 0 radical (unpaired) electrons. The maximum atomic E-state index is 12.4. The predicted molar refractivity (Wildman–Crippen MR) is 105 cm³/mol. The second-order valence-corrected chi connectivity index (χ2v) is 7.06. The van der Waals surface area contributed by atoms with Crippen molar-refractivity contribution in [1.82, 2.24) is 20.5 Å². The molecule has 1 amide bonds. The van der Waals surface area contributed by atoms with Gasteiger partial charge in [0.1, 0.15) is 0 Å². The standard InChI is InChI=1S/C21H23N5O2/c1-15-5-7-17(8-6-15)20-24-25-21(28-20)26-12-9-16(10-13-26)19(27)23-14-18-4-2-3-11-22-18/h2-8,11,16H,9-10,12-14H2,1H3,(H,23,27). The number of aryl methyl sites for hydroxylation is 1. The SMILES string of the molecule is Cc1ccc(-c2nnc(N3CCC(C(=O)NCc4ccccn4)CC3)o2)cc1. The number of carbonyl (C=O) groups is 1. The average Bonchev–Trinajstić information content (AvgIpc) is 3.24. The van der Waals surface area contributed by atoms with Gasteiger partial charge in [0.05, 0.1) is 12.2 Å². The fourth-order valence-corrected chi connectivity index (χ4v) is 3.31. The lowest BCUT2D eigenvalue weighted by molar-refractivity contribution is -0.125. The molecule has 0 atom stereocenters. The first kappa shape index (κ1) is 18.2. The number of nitrogens with one attached hydrogen (secondary N) is 1. The van der Waals surface area contributed by atoms with Crippen molar-refractivity contribution in [2.75, 3.05) is 18.0 Å². The summed E-state index contributed by atoms with van der Waals surface area (Å²) in [7, 11) is 0. The summed E-state index contributed by atoms with van der Waals surface area (Å²) in [5.41, 5.74) is 2.96. The van der Waals surface area contributed by atoms with E-state index in [9.17, 15) is 4.79 Å². The zero-order valence-corrected chi connectivity index (χ0v) is 15.8. The van der Waals surface area contributed by atoms with Crippen LogP contribution in [0.5, 0.6) is 0 Å². The Bertz CT molecular complexity index is 915. The van der Waals surface area contributed by atoms with Gasteiger partial charge in [0.25, 0.3) is 0 Å². The topological polar surface area (TPSA) is 84.2 Å². The molecule has 1 saturated heterocycles. The molecule has 1 aromatic carbocycles. The summed E-state index contributed by atoms with van der Waals surface area (Å²) >= 11 is 0. The van der Waals surface area contributed by atoms with Crippen molar-refractivity contribution >= 4 is 11.9 Å². The number of pyridine rings is 1. The molecule has 1 N–H and O–H groups in total. The normalized spacial score (nSPS) is 14.8. The molecule has 2 aromatic heterocycles. The van der Waals surface area contributed by atoms with E-state index in [1.165, 1.54) is 5.56 Å². The van der Waals surface area contributed by atoms with Crippen LogP contribution in [0.4, 0.5) is 6.01 Å². The third kappa shape index (κ3) is 4.19. The Hall–Kier alpha value is -3.22. The Balaban J connectivity index is 1.30. The van der Waals surface area contributed by atoms with Gasteiger partial charge in [-0.05, 0) is 44.0 Å². The number of hydrogen-bond acceptors (Lipinski definition) is 6. The monoisotopic (exact) mass is 377 g/mol. The molecule has 3 heterocycles. The lowest BCUT2D eigenvalue weighted by Gasteiger charge is -2.29. The van der Waals surface area contributed by atoms with Crippen LogP contribution in [0.3, 0.4) is 0 Å². The Morgan fingerprint density at radius 1 is 1.14 bits per heavy atom. The molecule has 7 nitrogen and oxygen atoms in total. The largest absolute Gasteiger partial charge is 0.403 e. The van der Waals surface area contributed by atoms with Gasteiger partial charge in [-0.15, -0.1) is 5.10 Å². The lowest BCUT2D eigenvalue weighted by Crippen LogP contribution is -2.40. The van der Waals surface area contributed by atoms with Gasteiger partial charge in [0.2, 0.25) is 11.8 Å². The van der Waals surface area contributed by atoms with Crippen molar-refractivity contribution in [2.24, 2.45) is 5.92 Å². The number of benzene rings is 1. The van der Waals surface area contributed by atoms with Crippen molar-refractivity contribution in [3.8, 4) is 11.5 Å². The minimum Gasteiger partial charge on any atom is -0.403 e. The molecule has 0 spiro atoms. The molecule has 1 aliphatic heterocycles. The van der Waals surface area contributed by atoms with E-state index < -0.39 is 0 Å². The van der Waals surface area contributed by atoms with E-state index in [0.717, 1.165) is 37.2 Å². The van der Waals surface area contributed by atoms with Crippen molar-refractivity contribution < 1.29 is 9.21 Å². The Morgan fingerprint density at radius 3 is 2.64 bits per heavy atom. The second-order valence-electron chi connectivity index (χ2n) is 7.06. The summed E-state index contributed by atoms with van der Waals surface area (Å²) in [5.74, 6) is 0.598. The van der Waals surface area contributed by atoms with E-state index >= 15 is 0 Å². The lowest BCUT2D eigenvalue weighted by atomic mass is 9.96. The summed E-state index contributed by atoms with van der Waals surface area (Å²) < 4.78 is 5.84. The number of aromatic nitrogens is 3. The predicted octanol–water partition coefficient (Wildman–Crippen LogP) is 2.97. The summed E-state index contributed by atoms with van der Waals surface area (Å²) in [6.45, 7) is 3.94. The minimum absolute atomic E-state index is 0.000507. The van der Waals surface area contributed by atoms with Crippen molar-refractivity contribution in [1.29, 1.82) is 0 Å². The van der Waals surface area contributed by atoms with Crippen LogP contribution in [-0.2, 0) is 11.3 Å². The van der Waals surface area contributed by atoms with Crippen LogP contribution in [0.2, 0.25) is 0 Å². The maximum Gasteiger partial charge on any atom is 0.318 e. The van der Waals surface area contributed by atoms with Crippen LogP contribution in [0.1, 0.15) is 24.1 Å². The molecule has 144 valence electrons. The fourth-order valence-electron chi connectivity index (χ4n) is 3.31. The molecule has 0 unspecified atom stereocenters. The van der Waals surface area contributed by atoms with E-state index in [0.29, 0.717) is 18.5 Å². The molecule has 28 heavy (non-hydrogen) atoms. The van der Waals surface area contributed by atoms with Crippen LogP contribution in [0, 0.1) is 12.8 Å². The van der Waals surface area contributed by atoms with Gasteiger partial charge < -0.3 is 14.6 Å². The molecule has 0 aliphatic carbocycles. The smallest absolute Gasteiger partial charge is 0.318 e. The van der Waals surface area contributed by atoms with Gasteiger partial charge in [-0.3, -0.25) is 9.78 Å². The first-order chi connectivity index (χ1) is 13.7. The highest BCUT2D eigenvalue weighted by Crippen LogP contribution is 2.26. The van der Waals surface area contributed by atoms with E-state index in [4.69, 9.17) is 4.42 Å². The highest BCUT2D eigenvalue weighted by molar-refractivity contribution is 5.78. The van der Waals surface area contributed by atoms with Crippen LogP contribution in [0.25, 0.3) is 11.5 Å². The summed E-state index contributed by atoms with van der Waals surface area (Å²) in [6.07, 6.45) is 3.25. The number of rotatable bonds is 5. The molecule has 1 aliphatic rings. The van der Waals surface area contributed by atoms with Gasteiger partial charge in [-0.2, -0.15) is 0 Å². The third-order valence-electron chi connectivity index (χ3n) is 5.02. The quantitative estimate of drug-likeness (QED) is 0.736. The van der Waals surface area contributed by atoms with Gasteiger partial charge in [0.15, 0.2) is 0 Å². The maximum absolute atomic E-state index is 12.4. The molecular formula is C21H23N5O2. The number of piperidine rings is 1. The average molecular weight is 377 g/mol. The van der Waals surface area contributed by atoms with Gasteiger partial charge in [-0.25, -0.2) is 0 Å². The number of amides is 1. The van der Waals surface area contributed by atoms with Crippen molar-refractivity contribution in [3.05, 3.63) is 59.9 Å². The number of anilines is 1. The molecule has 4 rings (SSSR count). The van der Waals surface area contributed by atoms with Crippen molar-refractivity contribution in [3.63, 3.8) is 0 Å². The zero-order chi connectivity index (χ0) is 19.3. The Kier molecular flexibility index (Phi) is 5.32. The van der Waals surface area contributed by atoms with Gasteiger partial charge in [0, 0.05) is 30.8 Å². The Morgan fingerprint density at radius 2 is 1.93 bits per heavy atom. The van der Waals surface area contributed by atoms with E-state index in [-0.39, 0.29) is 11.8 Å². The first-order valence-corrected chi connectivity index (χ1v) is 9.52. The number of hydrogen-bond donors (Lipinski definition) is 1. The zero-order valence-electron chi connectivity index (χ0n) is 15.8. The van der Waals surface area contributed by atoms with Crippen LogP contribution < -0.4 is 10.2 Å². The molecule has 1 fully saturated rings. The highest BCUT2D eigenvalue weighted by Gasteiger charge is 2.27. The number of carbonyl (C=O) groups excluding carboxylic acids is 1. The van der Waals surface area contributed by atoms with E-state index in [2.05, 4.69) is 20.5 Å². The summed E-state index contributed by atoms with van der Waals surface area (Å²) in [6, 6.07) is 14.2. The molecular weight excluding hydrogens is 354 g/mol. The van der Waals surface area contributed by atoms with Gasteiger partial charge in [-0.1, -0.05) is 28.9 Å². The van der Waals surface area contributed by atoms with Crippen molar-refractivity contribution in [2.45, 2.75) is 26.3 Å². The highest BCUT2D eigenvalue weighted by atomic mass is 16.4. The van der Waals surface area contributed by atoms with Crippen LogP contribution in [-0.4, -0.2) is 34.2 Å². The van der Waals surface area contributed by atoms with Crippen LogP contribution in [0.15, 0.2) is 53.1 Å². The Labute approximate surface area is 163 Å². The van der Waals surface area contributed by atoms with Gasteiger partial charge >= 0.3 is 6.01 Å². The molecule has 7 heteroatoms. The van der Waals surface area contributed by atoms with Crippen LogP contribution >= 0.6 is 0 Å². The molecule has 0 bridgehead atoms. The molecule has 0 saturated carbocycles. The fraction of sp³-hybridized carbons (Fsp3) is 0.333.